The lowest BCUT2D eigenvalue weighted by Gasteiger charge is -2.29. The third-order valence-corrected chi connectivity index (χ3v) is 7.82. The van der Waals surface area contributed by atoms with Crippen molar-refractivity contribution in [1.82, 2.24) is 20.0 Å². The van der Waals surface area contributed by atoms with Gasteiger partial charge in [-0.1, -0.05) is 19.4 Å². The molecule has 1 aromatic carbocycles. The minimum atomic E-state index is -0.107. The summed E-state index contributed by atoms with van der Waals surface area (Å²) in [6.45, 7) is 8.33. The van der Waals surface area contributed by atoms with Crippen LogP contribution >= 0.6 is 0 Å². The lowest BCUT2D eigenvalue weighted by atomic mass is 9.75. The summed E-state index contributed by atoms with van der Waals surface area (Å²) in [5, 5.41) is 21.7. The summed E-state index contributed by atoms with van der Waals surface area (Å²) in [7, 11) is 0. The zero-order chi connectivity index (χ0) is 24.5. The number of amides is 1. The van der Waals surface area contributed by atoms with Gasteiger partial charge in [0.1, 0.15) is 6.07 Å². The quantitative estimate of drug-likeness (QED) is 0.515. The first-order valence-electron chi connectivity index (χ1n) is 12.4. The average Bonchev–Trinajstić information content (AvgIpc) is 3.09. The number of carbonyl (C=O) groups is 2. The third kappa shape index (κ3) is 3.84. The molecule has 35 heavy (non-hydrogen) atoms. The van der Waals surface area contributed by atoms with Gasteiger partial charge in [0.25, 0.3) is 0 Å². The lowest BCUT2D eigenvalue weighted by Crippen LogP contribution is -2.34. The molecule has 2 aliphatic carbocycles. The van der Waals surface area contributed by atoms with E-state index in [1.54, 1.807) is 0 Å². The monoisotopic (exact) mass is 470 g/mol. The largest absolute Gasteiger partial charge is 0.381 e. The second-order valence-electron chi connectivity index (χ2n) is 11.2. The second kappa shape index (κ2) is 7.79. The standard InChI is InChI=1S/C27H30N6O2/c1-15-26-23(9-27(2,3)10-24(26)34)33(31-15)19-5-4-16(11-28)21(8-19)30-18-6-17-12-29-22(20(17)7-18)13-32-14-25(32)35/h4-5,8,18,22,29-30H,6-7,9-10,12-14H2,1-3H3/t18-,22+,32?/m0/s1. The highest BCUT2D eigenvalue weighted by Crippen LogP contribution is 2.38. The molecule has 6 rings (SSSR count). The van der Waals surface area contributed by atoms with Crippen LogP contribution in [0.25, 0.3) is 5.69 Å². The predicted molar refractivity (Wildman–Crippen MR) is 131 cm³/mol. The van der Waals surface area contributed by atoms with Gasteiger partial charge in [0, 0.05) is 31.6 Å². The molecule has 0 unspecified atom stereocenters. The van der Waals surface area contributed by atoms with Crippen LogP contribution in [-0.2, 0) is 11.2 Å². The molecule has 2 atom stereocenters. The van der Waals surface area contributed by atoms with Crippen LogP contribution in [0.4, 0.5) is 5.69 Å². The molecule has 1 saturated heterocycles. The number of hydrogen-bond acceptors (Lipinski definition) is 6. The van der Waals surface area contributed by atoms with Crippen LogP contribution in [-0.4, -0.2) is 58.1 Å². The van der Waals surface area contributed by atoms with Crippen molar-refractivity contribution in [3.8, 4) is 11.8 Å². The summed E-state index contributed by atoms with van der Waals surface area (Å²) in [5.74, 6) is 0.385. The van der Waals surface area contributed by atoms with Crippen LogP contribution < -0.4 is 10.6 Å². The Labute approximate surface area is 205 Å². The maximum atomic E-state index is 12.8. The number of ketones is 1. The highest BCUT2D eigenvalue weighted by Gasteiger charge is 2.39. The van der Waals surface area contributed by atoms with Crippen LogP contribution in [0.1, 0.15) is 60.4 Å². The van der Waals surface area contributed by atoms with E-state index in [0.717, 1.165) is 60.7 Å². The van der Waals surface area contributed by atoms with E-state index in [1.807, 2.05) is 34.7 Å². The molecule has 8 heteroatoms. The topological polar surface area (TPSA) is 103 Å². The summed E-state index contributed by atoms with van der Waals surface area (Å²) in [4.78, 5) is 26.2. The van der Waals surface area contributed by atoms with Gasteiger partial charge in [-0.05, 0) is 55.4 Å². The van der Waals surface area contributed by atoms with Crippen molar-refractivity contribution in [1.29, 1.82) is 5.26 Å². The molecule has 8 nitrogen and oxygen atoms in total. The molecule has 2 N–H and O–H groups in total. The Balaban J connectivity index is 1.26. The minimum absolute atomic E-state index is 0.107. The first-order chi connectivity index (χ1) is 16.7. The molecule has 0 radical (unpaired) electrons. The summed E-state index contributed by atoms with van der Waals surface area (Å²) in [6, 6.07) is 8.51. The van der Waals surface area contributed by atoms with E-state index in [0.29, 0.717) is 18.5 Å². The van der Waals surface area contributed by atoms with E-state index in [2.05, 4.69) is 30.6 Å². The molecule has 2 aromatic rings. The Hall–Kier alpha value is -3.44. The Kier molecular flexibility index (Phi) is 4.91. The van der Waals surface area contributed by atoms with Crippen molar-refractivity contribution in [3.05, 3.63) is 51.9 Å². The van der Waals surface area contributed by atoms with Gasteiger partial charge in [-0.3, -0.25) is 9.59 Å². The summed E-state index contributed by atoms with van der Waals surface area (Å²) >= 11 is 0. The number of anilines is 1. The van der Waals surface area contributed by atoms with E-state index in [-0.39, 0.29) is 29.2 Å². The van der Waals surface area contributed by atoms with Crippen molar-refractivity contribution in [2.45, 2.75) is 58.5 Å². The van der Waals surface area contributed by atoms with Gasteiger partial charge in [0.2, 0.25) is 5.91 Å². The van der Waals surface area contributed by atoms with Gasteiger partial charge in [-0.25, -0.2) is 4.68 Å². The molecule has 0 spiro atoms. The Morgan fingerprint density at radius 3 is 2.80 bits per heavy atom. The molecule has 1 amide bonds. The van der Waals surface area contributed by atoms with E-state index in [4.69, 9.17) is 5.10 Å². The van der Waals surface area contributed by atoms with Gasteiger partial charge in [0.15, 0.2) is 5.78 Å². The van der Waals surface area contributed by atoms with Crippen molar-refractivity contribution < 1.29 is 9.59 Å². The van der Waals surface area contributed by atoms with Crippen molar-refractivity contribution >= 4 is 17.4 Å². The molecular formula is C27H30N6O2. The first-order valence-corrected chi connectivity index (χ1v) is 12.4. The molecule has 2 aliphatic heterocycles. The van der Waals surface area contributed by atoms with Crippen LogP contribution in [0.2, 0.25) is 0 Å². The van der Waals surface area contributed by atoms with Crippen LogP contribution in [0.5, 0.6) is 0 Å². The highest BCUT2D eigenvalue weighted by atomic mass is 16.2. The van der Waals surface area contributed by atoms with E-state index in [1.165, 1.54) is 11.1 Å². The Morgan fingerprint density at radius 2 is 2.06 bits per heavy atom. The van der Waals surface area contributed by atoms with Gasteiger partial charge in [-0.2, -0.15) is 10.4 Å². The SMILES string of the molecule is Cc1nn(-c2ccc(C#N)c(N[C@H]3CC4=C(C3)[C@@H](CN3CC3=O)NC4)c2)c2c1C(=O)CC(C)(C)C2. The molecular weight excluding hydrogens is 440 g/mol. The zero-order valence-electron chi connectivity index (χ0n) is 20.4. The fourth-order valence-corrected chi connectivity index (χ4v) is 6.10. The second-order valence-corrected chi connectivity index (χ2v) is 11.2. The first kappa shape index (κ1) is 22.1. The van der Waals surface area contributed by atoms with Crippen LogP contribution in [0, 0.1) is 23.7 Å². The summed E-state index contributed by atoms with van der Waals surface area (Å²) < 4.78 is 1.89. The van der Waals surface area contributed by atoms with Crippen molar-refractivity contribution in [2.75, 3.05) is 25.0 Å². The molecule has 180 valence electrons. The normalized spacial score (nSPS) is 24.5. The highest BCUT2D eigenvalue weighted by molar-refractivity contribution is 6.00. The minimum Gasteiger partial charge on any atom is -0.381 e. The smallest absolute Gasteiger partial charge is 0.242 e. The van der Waals surface area contributed by atoms with E-state index in [9.17, 15) is 14.9 Å². The van der Waals surface area contributed by atoms with E-state index < -0.39 is 0 Å². The number of rotatable bonds is 5. The van der Waals surface area contributed by atoms with Gasteiger partial charge in [-0.15, -0.1) is 0 Å². The number of nitriles is 1. The zero-order valence-corrected chi connectivity index (χ0v) is 20.4. The predicted octanol–water partition coefficient (Wildman–Crippen LogP) is 2.89. The van der Waals surface area contributed by atoms with Gasteiger partial charge < -0.3 is 15.5 Å². The maximum Gasteiger partial charge on any atom is 0.242 e. The summed E-state index contributed by atoms with van der Waals surface area (Å²) in [6.07, 6.45) is 3.16. The van der Waals surface area contributed by atoms with Crippen molar-refractivity contribution in [3.63, 3.8) is 0 Å². The van der Waals surface area contributed by atoms with E-state index >= 15 is 0 Å². The number of aryl methyl sites for hydroxylation is 1. The average molecular weight is 471 g/mol. The van der Waals surface area contributed by atoms with Crippen molar-refractivity contribution in [2.24, 2.45) is 5.41 Å². The Morgan fingerprint density at radius 1 is 1.26 bits per heavy atom. The molecule has 3 heterocycles. The number of nitrogens with one attached hydrogen (secondary N) is 2. The molecule has 4 aliphatic rings. The number of aromatic nitrogens is 2. The number of fused-ring (bicyclic) bond motifs is 1. The molecule has 0 bridgehead atoms. The number of Topliss-reactive ketones (excluding diaryl/α,β-unsaturated/α-hetero) is 1. The molecule has 1 fully saturated rings. The van der Waals surface area contributed by atoms with Gasteiger partial charge in [0.05, 0.1) is 40.4 Å². The molecule has 0 saturated carbocycles. The fraction of sp³-hybridized carbons (Fsp3) is 0.481. The maximum absolute atomic E-state index is 12.8. The lowest BCUT2D eigenvalue weighted by molar-refractivity contribution is -0.113. The number of carbonyl (C=O) groups excluding carboxylic acids is 2. The number of nitrogens with zero attached hydrogens (tertiary/aromatic N) is 4. The van der Waals surface area contributed by atoms with Crippen LogP contribution in [0.3, 0.4) is 0 Å². The third-order valence-electron chi connectivity index (χ3n) is 7.82. The fourth-order valence-electron chi connectivity index (χ4n) is 6.10. The van der Waals surface area contributed by atoms with Gasteiger partial charge >= 0.3 is 0 Å². The Bertz CT molecular complexity index is 1340. The van der Waals surface area contributed by atoms with Crippen LogP contribution in [0.15, 0.2) is 29.3 Å². The number of benzene rings is 1. The summed E-state index contributed by atoms with van der Waals surface area (Å²) in [5.41, 5.74) is 7.46. The number of hydrogen-bond donors (Lipinski definition) is 2. The molecule has 1 aromatic heterocycles.